The van der Waals surface area contributed by atoms with Crippen molar-refractivity contribution in [2.75, 3.05) is 6.54 Å². The zero-order valence-electron chi connectivity index (χ0n) is 8.66. The molecule has 3 heteroatoms. The van der Waals surface area contributed by atoms with Crippen molar-refractivity contribution in [1.29, 1.82) is 0 Å². The first-order chi connectivity index (χ1) is 7.24. The van der Waals surface area contributed by atoms with E-state index in [0.717, 1.165) is 25.8 Å². The lowest BCUT2D eigenvalue weighted by molar-refractivity contribution is -0.112. The molecule has 0 radical (unpaired) electrons. The van der Waals surface area contributed by atoms with E-state index in [4.69, 9.17) is 17.3 Å². The molecule has 0 spiro atoms. The molecule has 1 aromatic rings. The van der Waals surface area contributed by atoms with Gasteiger partial charge in [0.05, 0.1) is 0 Å². The van der Waals surface area contributed by atoms with Crippen LogP contribution in [0.3, 0.4) is 0 Å². The van der Waals surface area contributed by atoms with Crippen LogP contribution in [0, 0.1) is 5.92 Å². The van der Waals surface area contributed by atoms with Gasteiger partial charge in [-0.1, -0.05) is 30.3 Å². The van der Waals surface area contributed by atoms with E-state index in [-0.39, 0.29) is 11.2 Å². The number of carbonyl (C=O) groups is 1. The van der Waals surface area contributed by atoms with Gasteiger partial charge >= 0.3 is 0 Å². The lowest BCUT2D eigenvalue weighted by Crippen LogP contribution is -2.01. The van der Waals surface area contributed by atoms with Gasteiger partial charge in [-0.25, -0.2) is 0 Å². The molecule has 1 aliphatic rings. The molecule has 0 aromatic heterocycles. The zero-order chi connectivity index (χ0) is 11.1. The summed E-state index contributed by atoms with van der Waals surface area (Å²) in [6, 6.07) is 10.3. The fraction of sp³-hybridized carbons (Fsp3) is 0.417. The molecule has 2 rings (SSSR count). The molecule has 1 aromatic carbocycles. The number of carbonyl (C=O) groups excluding carboxylic acids is 1. The van der Waals surface area contributed by atoms with E-state index in [1.165, 1.54) is 5.56 Å². The highest BCUT2D eigenvalue weighted by molar-refractivity contribution is 6.64. The van der Waals surface area contributed by atoms with Crippen LogP contribution in [0.25, 0.3) is 0 Å². The van der Waals surface area contributed by atoms with Crippen LogP contribution in [-0.2, 0) is 11.2 Å². The third-order valence-electron chi connectivity index (χ3n) is 2.17. The molecule has 0 unspecified atom stereocenters. The minimum absolute atomic E-state index is 0.157. The fourth-order valence-corrected chi connectivity index (χ4v) is 1.34. The molecule has 0 heterocycles. The lowest BCUT2D eigenvalue weighted by atomic mass is 10.2. The van der Waals surface area contributed by atoms with Gasteiger partial charge in [0.2, 0.25) is 5.24 Å². The van der Waals surface area contributed by atoms with Crippen LogP contribution in [0.5, 0.6) is 0 Å². The van der Waals surface area contributed by atoms with Crippen molar-refractivity contribution in [3.63, 3.8) is 0 Å². The molecule has 0 saturated heterocycles. The molecule has 2 nitrogen and oxygen atoms in total. The Kier molecular flexibility index (Phi) is 5.37. The van der Waals surface area contributed by atoms with Gasteiger partial charge in [0.25, 0.3) is 0 Å². The molecule has 1 saturated carbocycles. The van der Waals surface area contributed by atoms with Gasteiger partial charge in [-0.15, -0.1) is 0 Å². The van der Waals surface area contributed by atoms with Gasteiger partial charge in [-0.3, -0.25) is 4.79 Å². The van der Waals surface area contributed by atoms with Crippen molar-refractivity contribution >= 4 is 16.8 Å². The molecule has 0 aliphatic heterocycles. The van der Waals surface area contributed by atoms with E-state index in [2.05, 4.69) is 12.1 Å². The molecule has 0 bridgehead atoms. The van der Waals surface area contributed by atoms with Gasteiger partial charge < -0.3 is 5.73 Å². The minimum atomic E-state index is -0.157. The lowest BCUT2D eigenvalue weighted by Gasteiger charge is -1.93. The molecular formula is C12H16ClNO. The van der Waals surface area contributed by atoms with Gasteiger partial charge in [-0.05, 0) is 43.0 Å². The second-order valence-corrected chi connectivity index (χ2v) is 3.98. The maximum atomic E-state index is 9.97. The maximum absolute atomic E-state index is 9.97. The van der Waals surface area contributed by atoms with E-state index in [1.54, 1.807) is 0 Å². The van der Waals surface area contributed by atoms with Crippen LogP contribution in [0.2, 0.25) is 0 Å². The quantitative estimate of drug-likeness (QED) is 0.803. The minimum Gasteiger partial charge on any atom is -0.330 e. The highest BCUT2D eigenvalue weighted by Crippen LogP contribution is 2.30. The normalized spacial score (nSPS) is 14.0. The Morgan fingerprint density at radius 1 is 1.33 bits per heavy atom. The topological polar surface area (TPSA) is 43.1 Å². The first-order valence-corrected chi connectivity index (χ1v) is 5.55. The van der Waals surface area contributed by atoms with Gasteiger partial charge in [-0.2, -0.15) is 0 Å². The molecule has 1 aliphatic carbocycles. The first kappa shape index (κ1) is 12.2. The Labute approximate surface area is 95.4 Å². The van der Waals surface area contributed by atoms with E-state index >= 15 is 0 Å². The number of hydrogen-bond acceptors (Lipinski definition) is 2. The van der Waals surface area contributed by atoms with Gasteiger partial charge in [0.1, 0.15) is 0 Å². The van der Waals surface area contributed by atoms with Crippen molar-refractivity contribution in [3.05, 3.63) is 35.9 Å². The summed E-state index contributed by atoms with van der Waals surface area (Å²) in [6.45, 7) is 0.740. The van der Waals surface area contributed by atoms with Gasteiger partial charge in [0, 0.05) is 5.92 Å². The van der Waals surface area contributed by atoms with Crippen molar-refractivity contribution in [2.45, 2.75) is 19.3 Å². The van der Waals surface area contributed by atoms with Gasteiger partial charge in [0.15, 0.2) is 0 Å². The summed E-state index contributed by atoms with van der Waals surface area (Å²) < 4.78 is 0. The maximum Gasteiger partial charge on any atom is 0.224 e. The molecule has 15 heavy (non-hydrogen) atoms. The summed E-state index contributed by atoms with van der Waals surface area (Å²) in [4.78, 5) is 9.97. The summed E-state index contributed by atoms with van der Waals surface area (Å²) in [5.41, 5.74) is 6.68. The summed E-state index contributed by atoms with van der Waals surface area (Å²) in [5, 5.41) is -0.157. The number of nitrogens with two attached hydrogens (primary N) is 1. The third-order valence-corrected chi connectivity index (χ3v) is 2.48. The highest BCUT2D eigenvalue weighted by atomic mass is 35.5. The summed E-state index contributed by atoms with van der Waals surface area (Å²) in [5.74, 6) is 0.228. The summed E-state index contributed by atoms with van der Waals surface area (Å²) in [6.07, 6.45) is 3.02. The van der Waals surface area contributed by atoms with Crippen LogP contribution < -0.4 is 5.73 Å². The molecule has 1 fully saturated rings. The van der Waals surface area contributed by atoms with Crippen LogP contribution in [0.4, 0.5) is 0 Å². The number of halogens is 1. The van der Waals surface area contributed by atoms with Crippen LogP contribution >= 0.6 is 11.6 Å². The molecule has 2 N–H and O–H groups in total. The van der Waals surface area contributed by atoms with Crippen LogP contribution in [-0.4, -0.2) is 11.8 Å². The predicted octanol–water partition coefficient (Wildman–Crippen LogP) is 2.35. The largest absolute Gasteiger partial charge is 0.330 e. The molecule has 82 valence electrons. The zero-order valence-corrected chi connectivity index (χ0v) is 9.41. The second kappa shape index (κ2) is 6.59. The Morgan fingerprint density at radius 3 is 2.27 bits per heavy atom. The standard InChI is InChI=1S/C8H11N.C4H5ClO/c9-7-6-8-4-2-1-3-5-8;5-4(6)3-1-2-3/h1-5H,6-7,9H2;3H,1-2H2. The Bertz CT molecular complexity index is 296. The van der Waals surface area contributed by atoms with Crippen LogP contribution in [0.15, 0.2) is 30.3 Å². The van der Waals surface area contributed by atoms with E-state index in [9.17, 15) is 4.79 Å². The average Bonchev–Trinajstić information content (AvgIpc) is 3.04. The van der Waals surface area contributed by atoms with Crippen molar-refractivity contribution in [2.24, 2.45) is 11.7 Å². The van der Waals surface area contributed by atoms with Crippen molar-refractivity contribution in [3.8, 4) is 0 Å². The average molecular weight is 226 g/mol. The summed E-state index contributed by atoms with van der Waals surface area (Å²) in [7, 11) is 0. The predicted molar refractivity (Wildman–Crippen MR) is 62.8 cm³/mol. The Hall–Kier alpha value is -0.860. The summed E-state index contributed by atoms with van der Waals surface area (Å²) >= 11 is 5.04. The van der Waals surface area contributed by atoms with E-state index < -0.39 is 0 Å². The first-order valence-electron chi connectivity index (χ1n) is 5.17. The SMILES string of the molecule is NCCc1ccccc1.O=C(Cl)C1CC1. The number of hydrogen-bond donors (Lipinski definition) is 1. The van der Waals surface area contributed by atoms with Crippen molar-refractivity contribution in [1.82, 2.24) is 0 Å². The fourth-order valence-electron chi connectivity index (χ4n) is 1.12. The van der Waals surface area contributed by atoms with Crippen molar-refractivity contribution < 1.29 is 4.79 Å². The Morgan fingerprint density at radius 2 is 1.93 bits per heavy atom. The Balaban J connectivity index is 0.000000162. The molecule has 0 amide bonds. The van der Waals surface area contributed by atoms with Crippen LogP contribution in [0.1, 0.15) is 18.4 Å². The molecular weight excluding hydrogens is 210 g/mol. The number of rotatable bonds is 3. The highest BCUT2D eigenvalue weighted by Gasteiger charge is 2.27. The molecule has 0 atom stereocenters. The second-order valence-electron chi connectivity index (χ2n) is 3.60. The monoisotopic (exact) mass is 225 g/mol. The van der Waals surface area contributed by atoms with E-state index in [1.807, 2.05) is 18.2 Å². The third kappa shape index (κ3) is 5.55. The van der Waals surface area contributed by atoms with E-state index in [0.29, 0.717) is 0 Å². The number of benzene rings is 1. The smallest absolute Gasteiger partial charge is 0.224 e.